The lowest BCUT2D eigenvalue weighted by Crippen LogP contribution is -2.15. The van der Waals surface area contributed by atoms with E-state index in [-0.39, 0.29) is 16.8 Å². The number of benzene rings is 3. The third-order valence-electron chi connectivity index (χ3n) is 4.68. The number of hydrogen-bond acceptors (Lipinski definition) is 5. The van der Waals surface area contributed by atoms with Gasteiger partial charge in [0.05, 0.1) is 16.6 Å². The number of aromatic hydroxyl groups is 1. The van der Waals surface area contributed by atoms with Crippen molar-refractivity contribution in [1.82, 2.24) is 4.57 Å². The number of hydrogen-bond donors (Lipinski definition) is 2. The molecule has 4 aromatic rings. The zero-order chi connectivity index (χ0) is 22.0. The summed E-state index contributed by atoms with van der Waals surface area (Å²) < 4.78 is 0.957. The van der Waals surface area contributed by atoms with Crippen molar-refractivity contribution in [1.29, 1.82) is 0 Å². The van der Waals surface area contributed by atoms with Gasteiger partial charge in [-0.15, -0.1) is 10.2 Å². The van der Waals surface area contributed by atoms with E-state index in [1.54, 1.807) is 54.6 Å². The Kier molecular flexibility index (Phi) is 5.11. The average Bonchev–Trinajstić information content (AvgIpc) is 3.08. The first-order valence-corrected chi connectivity index (χ1v) is 9.19. The largest absolute Gasteiger partial charge is 0.493 e. The lowest BCUT2D eigenvalue weighted by molar-refractivity contribution is 0.0690. The predicted octanol–water partition coefficient (Wildman–Crippen LogP) is 4.66. The number of aromatic carboxylic acids is 1. The molecule has 2 N–H and O–H groups in total. The Morgan fingerprint density at radius 2 is 1.39 bits per heavy atom. The van der Waals surface area contributed by atoms with Crippen molar-refractivity contribution in [3.63, 3.8) is 0 Å². The summed E-state index contributed by atoms with van der Waals surface area (Å²) in [5.41, 5.74) is 0.246. The molecule has 0 radical (unpaired) electrons. The molecule has 4 rings (SSSR count). The molecule has 0 aliphatic heterocycles. The van der Waals surface area contributed by atoms with E-state index in [1.165, 1.54) is 24.3 Å². The molecular formula is C23H15N3O5. The van der Waals surface area contributed by atoms with E-state index in [9.17, 15) is 24.6 Å². The molecular weight excluding hydrogens is 398 g/mol. The molecule has 0 spiro atoms. The molecule has 0 aliphatic rings. The van der Waals surface area contributed by atoms with Gasteiger partial charge in [-0.25, -0.2) is 9.36 Å². The van der Waals surface area contributed by atoms with Crippen LogP contribution < -0.4 is 0 Å². The van der Waals surface area contributed by atoms with Crippen molar-refractivity contribution in [2.75, 3.05) is 0 Å². The number of azo groups is 1. The number of aromatic nitrogens is 1. The second-order valence-corrected chi connectivity index (χ2v) is 6.55. The van der Waals surface area contributed by atoms with Crippen molar-refractivity contribution in [3.05, 3.63) is 95.6 Å². The van der Waals surface area contributed by atoms with Crippen molar-refractivity contribution < 1.29 is 24.6 Å². The van der Waals surface area contributed by atoms with E-state index in [0.717, 1.165) is 4.57 Å². The minimum Gasteiger partial charge on any atom is -0.493 e. The fourth-order valence-corrected chi connectivity index (χ4v) is 3.22. The van der Waals surface area contributed by atoms with Crippen LogP contribution in [0.2, 0.25) is 0 Å². The molecule has 1 heterocycles. The molecule has 152 valence electrons. The lowest BCUT2D eigenvalue weighted by Gasteiger charge is -2.08. The summed E-state index contributed by atoms with van der Waals surface area (Å²) in [5.74, 6) is -3.17. The van der Waals surface area contributed by atoms with Gasteiger partial charge in [0.15, 0.2) is 5.69 Å². The normalized spacial score (nSPS) is 11.1. The van der Waals surface area contributed by atoms with Crippen LogP contribution in [0.3, 0.4) is 0 Å². The van der Waals surface area contributed by atoms with E-state index < -0.39 is 23.7 Å². The van der Waals surface area contributed by atoms with Crippen LogP contribution in [0.1, 0.15) is 31.1 Å². The second-order valence-electron chi connectivity index (χ2n) is 6.55. The van der Waals surface area contributed by atoms with Gasteiger partial charge in [-0.3, -0.25) is 9.59 Å². The van der Waals surface area contributed by atoms with Crippen LogP contribution in [-0.2, 0) is 0 Å². The summed E-state index contributed by atoms with van der Waals surface area (Å²) in [4.78, 5) is 37.0. The first-order valence-electron chi connectivity index (χ1n) is 9.19. The van der Waals surface area contributed by atoms with Crippen LogP contribution in [0.5, 0.6) is 5.88 Å². The van der Waals surface area contributed by atoms with Crippen molar-refractivity contribution in [2.24, 2.45) is 10.2 Å². The summed E-state index contributed by atoms with van der Waals surface area (Å²) >= 11 is 0. The van der Waals surface area contributed by atoms with Gasteiger partial charge in [0.1, 0.15) is 0 Å². The van der Waals surface area contributed by atoms with Gasteiger partial charge in [-0.1, -0.05) is 48.5 Å². The fourth-order valence-electron chi connectivity index (χ4n) is 3.22. The monoisotopic (exact) mass is 413 g/mol. The fraction of sp³-hybridized carbons (Fsp3) is 0. The molecule has 0 fully saturated rings. The Hall–Kier alpha value is -4.59. The van der Waals surface area contributed by atoms with Gasteiger partial charge in [0.2, 0.25) is 5.88 Å². The number of fused-ring (bicyclic) bond motifs is 1. The smallest absolute Gasteiger partial charge is 0.336 e. The standard InChI is InChI=1S/C23H15N3O5/c27-20(14-8-2-1-3-9-14)25-24-19-17-12-6-7-13-18(17)26(22(19)29)21(28)15-10-4-5-11-16(15)23(30)31/h1-13,29H,(H,30,31). The van der Waals surface area contributed by atoms with Crippen LogP contribution >= 0.6 is 0 Å². The van der Waals surface area contributed by atoms with E-state index >= 15 is 0 Å². The second kappa shape index (κ2) is 8.03. The molecule has 0 saturated carbocycles. The Labute approximate surface area is 175 Å². The van der Waals surface area contributed by atoms with Gasteiger partial charge in [0, 0.05) is 10.9 Å². The number of carboxylic acid groups (broad SMARTS) is 1. The van der Waals surface area contributed by atoms with Gasteiger partial charge in [-0.2, -0.15) is 0 Å². The number of carbonyl (C=O) groups excluding carboxylic acids is 2. The molecule has 3 aromatic carbocycles. The first kappa shape index (κ1) is 19.7. The maximum atomic E-state index is 13.2. The summed E-state index contributed by atoms with van der Waals surface area (Å²) in [6.07, 6.45) is 0. The maximum absolute atomic E-state index is 13.2. The molecule has 1 amide bonds. The quantitative estimate of drug-likeness (QED) is 0.471. The van der Waals surface area contributed by atoms with Crippen LogP contribution in [0.25, 0.3) is 10.9 Å². The number of para-hydroxylation sites is 1. The Bertz CT molecular complexity index is 1360. The van der Waals surface area contributed by atoms with Crippen LogP contribution in [0, 0.1) is 0 Å². The minimum absolute atomic E-state index is 0.0685. The van der Waals surface area contributed by atoms with Crippen molar-refractivity contribution in [3.8, 4) is 5.88 Å². The van der Waals surface area contributed by atoms with E-state index in [1.807, 2.05) is 0 Å². The number of rotatable bonds is 4. The zero-order valence-electron chi connectivity index (χ0n) is 16.0. The summed E-state index contributed by atoms with van der Waals surface area (Å²) in [6.45, 7) is 0. The highest BCUT2D eigenvalue weighted by atomic mass is 16.4. The highest BCUT2D eigenvalue weighted by Crippen LogP contribution is 2.39. The topological polar surface area (TPSA) is 121 Å². The molecule has 0 saturated heterocycles. The number of nitrogens with zero attached hydrogens (tertiary/aromatic N) is 3. The molecule has 8 heteroatoms. The summed E-state index contributed by atoms with van der Waals surface area (Å²) in [5, 5.41) is 28.1. The van der Waals surface area contributed by atoms with Crippen LogP contribution in [0.15, 0.2) is 89.1 Å². The van der Waals surface area contributed by atoms with Gasteiger partial charge < -0.3 is 10.2 Å². The molecule has 0 unspecified atom stereocenters. The van der Waals surface area contributed by atoms with E-state index in [4.69, 9.17) is 0 Å². The third-order valence-corrected chi connectivity index (χ3v) is 4.68. The number of amides is 1. The minimum atomic E-state index is -1.27. The van der Waals surface area contributed by atoms with Crippen LogP contribution in [-0.4, -0.2) is 32.6 Å². The lowest BCUT2D eigenvalue weighted by atomic mass is 10.1. The number of carboxylic acids is 1. The molecule has 0 aliphatic carbocycles. The van der Waals surface area contributed by atoms with E-state index in [0.29, 0.717) is 16.5 Å². The molecule has 0 atom stereocenters. The maximum Gasteiger partial charge on any atom is 0.336 e. The first-order chi connectivity index (χ1) is 15.0. The number of carbonyl (C=O) groups is 3. The zero-order valence-corrected chi connectivity index (χ0v) is 16.0. The molecule has 8 nitrogen and oxygen atoms in total. The predicted molar refractivity (Wildman–Crippen MR) is 112 cm³/mol. The molecule has 1 aromatic heterocycles. The van der Waals surface area contributed by atoms with Gasteiger partial charge >= 0.3 is 5.97 Å². The third kappa shape index (κ3) is 3.58. The van der Waals surface area contributed by atoms with Crippen LogP contribution in [0.4, 0.5) is 5.69 Å². The SMILES string of the molecule is O=C(N=Nc1c(O)n(C(=O)c2ccccc2C(=O)O)c2ccccc12)c1ccccc1. The average molecular weight is 413 g/mol. The summed E-state index contributed by atoms with van der Waals surface area (Å²) in [7, 11) is 0. The van der Waals surface area contributed by atoms with E-state index in [2.05, 4.69) is 10.2 Å². The van der Waals surface area contributed by atoms with Crippen molar-refractivity contribution >= 4 is 34.4 Å². The van der Waals surface area contributed by atoms with Gasteiger partial charge in [-0.05, 0) is 30.3 Å². The highest BCUT2D eigenvalue weighted by molar-refractivity contribution is 6.11. The van der Waals surface area contributed by atoms with Gasteiger partial charge in [0.25, 0.3) is 11.8 Å². The highest BCUT2D eigenvalue weighted by Gasteiger charge is 2.25. The summed E-state index contributed by atoms with van der Waals surface area (Å²) in [6, 6.07) is 20.5. The Morgan fingerprint density at radius 1 is 0.774 bits per heavy atom. The molecule has 31 heavy (non-hydrogen) atoms. The molecule has 0 bridgehead atoms. The van der Waals surface area contributed by atoms with Crippen molar-refractivity contribution in [2.45, 2.75) is 0 Å². The Balaban J connectivity index is 1.83. The Morgan fingerprint density at radius 3 is 2.10 bits per heavy atom.